The van der Waals surface area contributed by atoms with Gasteiger partial charge < -0.3 is 19.3 Å². The highest BCUT2D eigenvalue weighted by Crippen LogP contribution is 2.08. The van der Waals surface area contributed by atoms with Crippen LogP contribution in [0.1, 0.15) is 17.1 Å². The molecular weight excluding hydrogens is 505 g/mol. The Bertz CT molecular complexity index is 919. The van der Waals surface area contributed by atoms with Crippen LogP contribution in [0.4, 0.5) is 0 Å². The zero-order chi connectivity index (χ0) is 20.6. The van der Waals surface area contributed by atoms with Gasteiger partial charge in [-0.1, -0.05) is 35.5 Å². The first kappa shape index (κ1) is 23.3. The molecule has 3 heterocycles. The van der Waals surface area contributed by atoms with Gasteiger partial charge in [0, 0.05) is 77.7 Å². The van der Waals surface area contributed by atoms with E-state index in [1.54, 1.807) is 6.26 Å². The van der Waals surface area contributed by atoms with Crippen LogP contribution in [-0.4, -0.2) is 70.2 Å². The molecule has 2 aromatic heterocycles. The molecule has 0 aliphatic carbocycles. The Kier molecular flexibility index (Phi) is 8.89. The second kappa shape index (κ2) is 11.8. The molecule has 0 saturated carbocycles. The van der Waals surface area contributed by atoms with E-state index in [1.165, 1.54) is 5.56 Å². The number of rotatable bonds is 7. The van der Waals surface area contributed by atoms with E-state index in [0.29, 0.717) is 0 Å². The second-order valence-electron chi connectivity index (χ2n) is 7.43. The molecule has 31 heavy (non-hydrogen) atoms. The number of aromatic nitrogens is 3. The lowest BCUT2D eigenvalue weighted by atomic mass is 10.2. The molecule has 1 aromatic carbocycles. The molecule has 1 N–H and O–H groups in total. The molecule has 1 aliphatic heterocycles. The van der Waals surface area contributed by atoms with Crippen molar-refractivity contribution >= 4 is 29.9 Å². The van der Waals surface area contributed by atoms with E-state index in [4.69, 9.17) is 4.52 Å². The summed E-state index contributed by atoms with van der Waals surface area (Å²) in [4.78, 5) is 13.7. The quantitative estimate of drug-likeness (QED) is 0.285. The minimum Gasteiger partial charge on any atom is -0.364 e. The van der Waals surface area contributed by atoms with Crippen LogP contribution in [0.15, 0.2) is 64.6 Å². The van der Waals surface area contributed by atoms with Gasteiger partial charge in [-0.2, -0.15) is 0 Å². The highest BCUT2D eigenvalue weighted by atomic mass is 127. The van der Waals surface area contributed by atoms with Crippen LogP contribution in [0.25, 0.3) is 0 Å². The number of nitrogens with zero attached hydrogens (tertiary/aromatic N) is 6. The SMILES string of the molecule is CN=C(NCCc1nccn1Cc1ccccc1)N1CCN(Cc2ccon2)CC1.I. The fourth-order valence-electron chi connectivity index (χ4n) is 3.78. The van der Waals surface area contributed by atoms with E-state index in [1.807, 2.05) is 31.6 Å². The van der Waals surface area contributed by atoms with Crippen LogP contribution in [0.5, 0.6) is 0 Å². The summed E-state index contributed by atoms with van der Waals surface area (Å²) in [5, 5.41) is 7.51. The average Bonchev–Trinajstić information content (AvgIpc) is 3.45. The molecule has 0 atom stereocenters. The van der Waals surface area contributed by atoms with Crippen LogP contribution in [0, 0.1) is 0 Å². The number of hydrogen-bond donors (Lipinski definition) is 1. The zero-order valence-corrected chi connectivity index (χ0v) is 20.2. The Hall–Kier alpha value is -2.40. The Morgan fingerprint density at radius 1 is 1.10 bits per heavy atom. The van der Waals surface area contributed by atoms with E-state index < -0.39 is 0 Å². The molecule has 0 radical (unpaired) electrons. The minimum atomic E-state index is 0. The van der Waals surface area contributed by atoms with Crippen molar-refractivity contribution in [2.75, 3.05) is 39.8 Å². The van der Waals surface area contributed by atoms with Gasteiger partial charge in [0.15, 0.2) is 5.96 Å². The zero-order valence-electron chi connectivity index (χ0n) is 17.9. The lowest BCUT2D eigenvalue weighted by molar-refractivity contribution is 0.169. The minimum absolute atomic E-state index is 0. The first-order valence-electron chi connectivity index (χ1n) is 10.4. The molecule has 1 aliphatic rings. The normalized spacial score (nSPS) is 15.0. The third kappa shape index (κ3) is 6.54. The van der Waals surface area contributed by atoms with Crippen LogP contribution in [0.3, 0.4) is 0 Å². The summed E-state index contributed by atoms with van der Waals surface area (Å²) < 4.78 is 7.14. The van der Waals surface area contributed by atoms with Crippen molar-refractivity contribution in [3.05, 3.63) is 72.1 Å². The molecule has 166 valence electrons. The number of guanidine groups is 1. The number of benzene rings is 1. The summed E-state index contributed by atoms with van der Waals surface area (Å²) in [7, 11) is 1.85. The Morgan fingerprint density at radius 2 is 1.90 bits per heavy atom. The molecule has 0 amide bonds. The third-order valence-corrected chi connectivity index (χ3v) is 5.39. The van der Waals surface area contributed by atoms with Gasteiger partial charge in [0.25, 0.3) is 0 Å². The molecule has 4 rings (SSSR count). The van der Waals surface area contributed by atoms with Crippen molar-refractivity contribution < 1.29 is 4.52 Å². The van der Waals surface area contributed by atoms with Crippen LogP contribution in [0.2, 0.25) is 0 Å². The van der Waals surface area contributed by atoms with Crippen LogP contribution < -0.4 is 5.32 Å². The number of imidazole rings is 1. The molecule has 1 fully saturated rings. The monoisotopic (exact) mass is 535 g/mol. The van der Waals surface area contributed by atoms with E-state index >= 15 is 0 Å². The van der Waals surface area contributed by atoms with Crippen LogP contribution in [-0.2, 0) is 19.5 Å². The van der Waals surface area contributed by atoms with Crippen molar-refractivity contribution in [2.45, 2.75) is 19.5 Å². The summed E-state index contributed by atoms with van der Waals surface area (Å²) in [5.74, 6) is 2.04. The number of aliphatic imine (C=N–C) groups is 1. The summed E-state index contributed by atoms with van der Waals surface area (Å²) in [6.45, 7) is 6.33. The lowest BCUT2D eigenvalue weighted by Gasteiger charge is -2.36. The largest absolute Gasteiger partial charge is 0.364 e. The number of halogens is 1. The van der Waals surface area contributed by atoms with Crippen molar-refractivity contribution in [3.8, 4) is 0 Å². The van der Waals surface area contributed by atoms with Crippen molar-refractivity contribution in [2.24, 2.45) is 4.99 Å². The smallest absolute Gasteiger partial charge is 0.193 e. The number of piperazine rings is 1. The van der Waals surface area contributed by atoms with E-state index in [2.05, 4.69) is 59.1 Å². The first-order valence-corrected chi connectivity index (χ1v) is 10.4. The van der Waals surface area contributed by atoms with Crippen LogP contribution >= 0.6 is 24.0 Å². The molecule has 3 aromatic rings. The van der Waals surface area contributed by atoms with Crippen molar-refractivity contribution in [1.82, 2.24) is 29.8 Å². The second-order valence-corrected chi connectivity index (χ2v) is 7.43. The van der Waals surface area contributed by atoms with E-state index in [-0.39, 0.29) is 24.0 Å². The summed E-state index contributed by atoms with van der Waals surface area (Å²) in [5.41, 5.74) is 2.26. The van der Waals surface area contributed by atoms with Crippen molar-refractivity contribution in [1.29, 1.82) is 0 Å². The summed E-state index contributed by atoms with van der Waals surface area (Å²) in [6.07, 6.45) is 6.40. The van der Waals surface area contributed by atoms with Crippen molar-refractivity contribution in [3.63, 3.8) is 0 Å². The highest BCUT2D eigenvalue weighted by Gasteiger charge is 2.20. The summed E-state index contributed by atoms with van der Waals surface area (Å²) in [6, 6.07) is 12.4. The Balaban J connectivity index is 0.00000272. The first-order chi connectivity index (χ1) is 14.8. The number of nitrogens with one attached hydrogen (secondary N) is 1. The predicted molar refractivity (Wildman–Crippen MR) is 132 cm³/mol. The average molecular weight is 535 g/mol. The fraction of sp³-hybridized carbons (Fsp3) is 0.409. The van der Waals surface area contributed by atoms with Gasteiger partial charge in [0.1, 0.15) is 12.1 Å². The van der Waals surface area contributed by atoms with E-state index in [0.717, 1.165) is 69.7 Å². The third-order valence-electron chi connectivity index (χ3n) is 5.39. The topological polar surface area (TPSA) is 74.7 Å². The standard InChI is InChI=1S/C22H29N7O.HI/c1-23-22(28-14-12-27(13-15-28)18-20-8-16-30-26-20)25-9-7-21-24-10-11-29(21)17-19-5-3-2-4-6-19;/h2-6,8,10-11,16H,7,9,12-15,17-18H2,1H3,(H,23,25);1H. The van der Waals surface area contributed by atoms with Gasteiger partial charge in [-0.15, -0.1) is 24.0 Å². The summed E-state index contributed by atoms with van der Waals surface area (Å²) >= 11 is 0. The maximum Gasteiger partial charge on any atom is 0.193 e. The van der Waals surface area contributed by atoms with Gasteiger partial charge in [0.05, 0.1) is 5.69 Å². The highest BCUT2D eigenvalue weighted by molar-refractivity contribution is 14.0. The molecule has 8 nitrogen and oxygen atoms in total. The Morgan fingerprint density at radius 3 is 2.61 bits per heavy atom. The van der Waals surface area contributed by atoms with Gasteiger partial charge in [-0.25, -0.2) is 4.98 Å². The maximum atomic E-state index is 4.93. The van der Waals surface area contributed by atoms with E-state index in [9.17, 15) is 0 Å². The maximum absolute atomic E-state index is 4.93. The van der Waals surface area contributed by atoms with Gasteiger partial charge in [-0.3, -0.25) is 9.89 Å². The molecule has 0 bridgehead atoms. The fourth-order valence-corrected chi connectivity index (χ4v) is 3.78. The van der Waals surface area contributed by atoms with Gasteiger partial charge in [0.2, 0.25) is 0 Å². The molecule has 1 saturated heterocycles. The molecular formula is C22H30IN7O. The van der Waals surface area contributed by atoms with Gasteiger partial charge in [-0.05, 0) is 5.56 Å². The van der Waals surface area contributed by atoms with Gasteiger partial charge >= 0.3 is 0 Å². The Labute approximate surface area is 200 Å². The molecule has 0 spiro atoms. The lowest BCUT2D eigenvalue weighted by Crippen LogP contribution is -2.52. The molecule has 9 heteroatoms. The predicted octanol–water partition coefficient (Wildman–Crippen LogP) is 2.47. The molecule has 0 unspecified atom stereocenters. The number of hydrogen-bond acceptors (Lipinski definition) is 5.